The molecular formula is C13H12F3N3O. The number of nitrogens with zero attached hydrogens (tertiary/aromatic N) is 2. The van der Waals surface area contributed by atoms with Crippen molar-refractivity contribution in [3.63, 3.8) is 0 Å². The Bertz CT molecular complexity index is 587. The summed E-state index contributed by atoms with van der Waals surface area (Å²) in [4.78, 5) is 8.15. The van der Waals surface area contributed by atoms with Gasteiger partial charge in [-0.2, -0.15) is 0 Å². The molecule has 0 saturated heterocycles. The first-order chi connectivity index (χ1) is 9.42. The first kappa shape index (κ1) is 14.1. The van der Waals surface area contributed by atoms with Crippen molar-refractivity contribution in [1.29, 1.82) is 0 Å². The van der Waals surface area contributed by atoms with Gasteiger partial charge in [0.2, 0.25) is 0 Å². The lowest BCUT2D eigenvalue weighted by Crippen LogP contribution is -2.17. The Labute approximate surface area is 113 Å². The Morgan fingerprint density at radius 3 is 2.75 bits per heavy atom. The van der Waals surface area contributed by atoms with Crippen LogP contribution >= 0.6 is 0 Å². The predicted octanol–water partition coefficient (Wildman–Crippen LogP) is 3.30. The van der Waals surface area contributed by atoms with Gasteiger partial charge in [-0.05, 0) is 25.1 Å². The minimum atomic E-state index is -4.69. The minimum Gasteiger partial charge on any atom is -0.406 e. The van der Waals surface area contributed by atoms with Gasteiger partial charge in [-0.25, -0.2) is 9.97 Å². The lowest BCUT2D eigenvalue weighted by atomic mass is 10.3. The Balaban J connectivity index is 2.01. The molecule has 0 unspecified atom stereocenters. The number of ether oxygens (including phenoxy) is 1. The summed E-state index contributed by atoms with van der Waals surface area (Å²) >= 11 is 0. The monoisotopic (exact) mass is 283 g/mol. The van der Waals surface area contributed by atoms with Crippen LogP contribution in [0.5, 0.6) is 5.75 Å². The maximum absolute atomic E-state index is 12.1. The number of halogens is 3. The second-order valence-corrected chi connectivity index (χ2v) is 4.02. The molecule has 106 valence electrons. The summed E-state index contributed by atoms with van der Waals surface area (Å²) in [5.74, 6) is 0.375. The molecule has 1 aromatic carbocycles. The van der Waals surface area contributed by atoms with Crippen molar-refractivity contribution in [3.8, 4) is 5.75 Å². The normalized spacial score (nSPS) is 11.2. The van der Waals surface area contributed by atoms with E-state index in [4.69, 9.17) is 0 Å². The van der Waals surface area contributed by atoms with E-state index >= 15 is 0 Å². The minimum absolute atomic E-state index is 0.263. The Morgan fingerprint density at radius 2 is 2.05 bits per heavy atom. The molecule has 0 aliphatic rings. The number of hydrogen-bond acceptors (Lipinski definition) is 4. The predicted molar refractivity (Wildman–Crippen MR) is 67.2 cm³/mol. The number of nitrogens with one attached hydrogen (secondary N) is 1. The summed E-state index contributed by atoms with van der Waals surface area (Å²) in [6.07, 6.45) is -3.06. The van der Waals surface area contributed by atoms with E-state index in [-0.39, 0.29) is 5.75 Å². The third kappa shape index (κ3) is 4.42. The fraction of sp³-hybridized carbons (Fsp3) is 0.231. The maximum Gasteiger partial charge on any atom is 0.573 e. The highest BCUT2D eigenvalue weighted by Gasteiger charge is 2.31. The summed E-state index contributed by atoms with van der Waals surface area (Å²) < 4.78 is 40.2. The Kier molecular flexibility index (Phi) is 4.07. The van der Waals surface area contributed by atoms with Crippen LogP contribution in [0.25, 0.3) is 0 Å². The van der Waals surface area contributed by atoms with Gasteiger partial charge in [-0.3, -0.25) is 0 Å². The summed E-state index contributed by atoms with van der Waals surface area (Å²) in [7, 11) is 0. The van der Waals surface area contributed by atoms with Crippen LogP contribution in [0.4, 0.5) is 18.9 Å². The smallest absolute Gasteiger partial charge is 0.406 e. The third-order valence-electron chi connectivity index (χ3n) is 2.37. The molecule has 20 heavy (non-hydrogen) atoms. The van der Waals surface area contributed by atoms with E-state index in [0.29, 0.717) is 18.1 Å². The molecule has 7 heteroatoms. The Morgan fingerprint density at radius 1 is 1.25 bits per heavy atom. The second kappa shape index (κ2) is 5.77. The molecule has 0 saturated carbocycles. The number of alkyl halides is 3. The van der Waals surface area contributed by atoms with Crippen LogP contribution in [0.15, 0.2) is 36.5 Å². The van der Waals surface area contributed by atoms with Crippen LogP contribution in [-0.4, -0.2) is 16.3 Å². The fourth-order valence-corrected chi connectivity index (χ4v) is 1.60. The van der Waals surface area contributed by atoms with Crippen LogP contribution < -0.4 is 10.1 Å². The molecular weight excluding hydrogens is 271 g/mol. The van der Waals surface area contributed by atoms with Gasteiger partial charge in [0.25, 0.3) is 0 Å². The van der Waals surface area contributed by atoms with Gasteiger partial charge in [-0.1, -0.05) is 6.07 Å². The number of benzene rings is 1. The number of aromatic nitrogens is 2. The lowest BCUT2D eigenvalue weighted by molar-refractivity contribution is -0.274. The van der Waals surface area contributed by atoms with Gasteiger partial charge in [0, 0.05) is 18.0 Å². The van der Waals surface area contributed by atoms with Crippen LogP contribution in [0, 0.1) is 6.92 Å². The van der Waals surface area contributed by atoms with E-state index in [9.17, 15) is 13.2 Å². The van der Waals surface area contributed by atoms with Gasteiger partial charge >= 0.3 is 6.36 Å². The molecule has 0 radical (unpaired) electrons. The first-order valence-corrected chi connectivity index (χ1v) is 5.80. The van der Waals surface area contributed by atoms with Crippen molar-refractivity contribution in [2.75, 3.05) is 5.32 Å². The molecule has 1 heterocycles. The standard InChI is InChI=1S/C13H12F3N3O/c1-9-17-6-5-11(19-9)8-18-10-3-2-4-12(7-10)20-13(14,15)16/h2-7,18H,8H2,1H3. The molecule has 0 amide bonds. The van der Waals surface area contributed by atoms with Crippen molar-refractivity contribution >= 4 is 5.69 Å². The number of rotatable bonds is 4. The van der Waals surface area contributed by atoms with Crippen LogP contribution in [0.2, 0.25) is 0 Å². The average molecular weight is 283 g/mol. The van der Waals surface area contributed by atoms with E-state index in [0.717, 1.165) is 5.69 Å². The number of aryl methyl sites for hydroxylation is 1. The quantitative estimate of drug-likeness (QED) is 0.935. The summed E-state index contributed by atoms with van der Waals surface area (Å²) in [5, 5.41) is 2.98. The molecule has 0 bridgehead atoms. The van der Waals surface area contributed by atoms with E-state index in [1.807, 2.05) is 0 Å². The van der Waals surface area contributed by atoms with Crippen molar-refractivity contribution in [2.24, 2.45) is 0 Å². The molecule has 0 aliphatic heterocycles. The van der Waals surface area contributed by atoms with Crippen molar-refractivity contribution in [3.05, 3.63) is 48.0 Å². The fourth-order valence-electron chi connectivity index (χ4n) is 1.60. The summed E-state index contributed by atoms with van der Waals surface area (Å²) in [5.41, 5.74) is 1.27. The van der Waals surface area contributed by atoms with Crippen molar-refractivity contribution < 1.29 is 17.9 Å². The van der Waals surface area contributed by atoms with Crippen LogP contribution in [0.3, 0.4) is 0 Å². The largest absolute Gasteiger partial charge is 0.573 e. The van der Waals surface area contributed by atoms with E-state index in [2.05, 4.69) is 20.0 Å². The second-order valence-electron chi connectivity index (χ2n) is 4.02. The maximum atomic E-state index is 12.1. The zero-order chi connectivity index (χ0) is 14.6. The SMILES string of the molecule is Cc1nccc(CNc2cccc(OC(F)(F)F)c2)n1. The molecule has 1 aromatic heterocycles. The van der Waals surface area contributed by atoms with Gasteiger partial charge in [-0.15, -0.1) is 13.2 Å². The molecule has 0 fully saturated rings. The van der Waals surface area contributed by atoms with Gasteiger partial charge in [0.1, 0.15) is 11.6 Å². The molecule has 0 aliphatic carbocycles. The Hall–Kier alpha value is -2.31. The average Bonchev–Trinajstić information content (AvgIpc) is 2.35. The molecule has 1 N–H and O–H groups in total. The van der Waals surface area contributed by atoms with Crippen LogP contribution in [-0.2, 0) is 6.54 Å². The first-order valence-electron chi connectivity index (χ1n) is 5.80. The molecule has 2 aromatic rings. The number of hydrogen-bond donors (Lipinski definition) is 1. The van der Waals surface area contributed by atoms with Crippen molar-refractivity contribution in [1.82, 2.24) is 9.97 Å². The zero-order valence-electron chi connectivity index (χ0n) is 10.6. The number of anilines is 1. The summed E-state index contributed by atoms with van der Waals surface area (Å²) in [6.45, 7) is 2.15. The lowest BCUT2D eigenvalue weighted by Gasteiger charge is -2.11. The van der Waals surface area contributed by atoms with Gasteiger partial charge in [0.15, 0.2) is 0 Å². The zero-order valence-corrected chi connectivity index (χ0v) is 10.6. The molecule has 2 rings (SSSR count). The van der Waals surface area contributed by atoms with E-state index < -0.39 is 6.36 Å². The topological polar surface area (TPSA) is 47.0 Å². The summed E-state index contributed by atoms with van der Waals surface area (Å²) in [6, 6.07) is 7.39. The highest BCUT2D eigenvalue weighted by Crippen LogP contribution is 2.25. The van der Waals surface area contributed by atoms with E-state index in [1.165, 1.54) is 18.2 Å². The molecule has 4 nitrogen and oxygen atoms in total. The van der Waals surface area contributed by atoms with Gasteiger partial charge in [0.05, 0.1) is 12.2 Å². The highest BCUT2D eigenvalue weighted by atomic mass is 19.4. The highest BCUT2D eigenvalue weighted by molar-refractivity contribution is 5.48. The third-order valence-corrected chi connectivity index (χ3v) is 2.37. The molecule has 0 spiro atoms. The van der Waals surface area contributed by atoms with E-state index in [1.54, 1.807) is 25.3 Å². The molecule has 0 atom stereocenters. The van der Waals surface area contributed by atoms with Gasteiger partial charge < -0.3 is 10.1 Å². The van der Waals surface area contributed by atoms with Crippen molar-refractivity contribution in [2.45, 2.75) is 19.8 Å². The van der Waals surface area contributed by atoms with Crippen LogP contribution in [0.1, 0.15) is 11.5 Å².